The Bertz CT molecular complexity index is 337. The van der Waals surface area contributed by atoms with Gasteiger partial charge >= 0.3 is 0 Å². The summed E-state index contributed by atoms with van der Waals surface area (Å²) >= 11 is 5.60. The highest BCUT2D eigenvalue weighted by atomic mass is 35.5. The Kier molecular flexibility index (Phi) is 7.14. The minimum atomic E-state index is -0.485. The fourth-order valence-electron chi connectivity index (χ4n) is 1.83. The molecule has 1 aromatic carbocycles. The maximum Gasteiger partial charge on any atom is 0.119 e. The third-order valence-electron chi connectivity index (χ3n) is 3.19. The van der Waals surface area contributed by atoms with Crippen molar-refractivity contribution in [3.05, 3.63) is 29.8 Å². The Morgan fingerprint density at radius 2 is 2.00 bits per heavy atom. The summed E-state index contributed by atoms with van der Waals surface area (Å²) in [6.07, 6.45) is 2.37. The van der Waals surface area contributed by atoms with Gasteiger partial charge in [-0.1, -0.05) is 38.8 Å². The minimum absolute atomic E-state index is 0.263. The van der Waals surface area contributed by atoms with Crippen LogP contribution in [-0.4, -0.2) is 23.7 Å². The third kappa shape index (κ3) is 5.28. The molecule has 18 heavy (non-hydrogen) atoms. The topological polar surface area (TPSA) is 29.5 Å². The van der Waals surface area contributed by atoms with Gasteiger partial charge in [-0.15, -0.1) is 11.6 Å². The monoisotopic (exact) mass is 270 g/mol. The van der Waals surface area contributed by atoms with Crippen molar-refractivity contribution in [2.24, 2.45) is 5.92 Å². The first-order valence-corrected chi connectivity index (χ1v) is 7.18. The van der Waals surface area contributed by atoms with Crippen LogP contribution in [0.25, 0.3) is 0 Å². The minimum Gasteiger partial charge on any atom is -0.493 e. The van der Waals surface area contributed by atoms with E-state index >= 15 is 0 Å². The molecule has 0 heterocycles. The van der Waals surface area contributed by atoms with Gasteiger partial charge in [0.1, 0.15) is 5.75 Å². The van der Waals surface area contributed by atoms with Gasteiger partial charge in [0, 0.05) is 5.88 Å². The van der Waals surface area contributed by atoms with Crippen molar-refractivity contribution in [2.75, 3.05) is 12.5 Å². The number of alkyl halides is 1. The second-order valence-corrected chi connectivity index (χ2v) is 4.96. The standard InChI is InChI=1S/C15H23ClO2/c1-3-12(4-2)11-18-15-7-5-6-13(9-15)8-14(17)10-16/h5-7,9,12,14,17H,3-4,8,10-11H2,1-2H3. The van der Waals surface area contributed by atoms with Crippen molar-refractivity contribution in [2.45, 2.75) is 39.2 Å². The fourth-order valence-corrected chi connectivity index (χ4v) is 1.94. The van der Waals surface area contributed by atoms with E-state index < -0.39 is 6.10 Å². The average Bonchev–Trinajstić information content (AvgIpc) is 2.40. The number of benzene rings is 1. The van der Waals surface area contributed by atoms with Gasteiger partial charge in [0.2, 0.25) is 0 Å². The number of ether oxygens (including phenoxy) is 1. The summed E-state index contributed by atoms with van der Waals surface area (Å²) in [6, 6.07) is 7.88. The molecule has 0 radical (unpaired) electrons. The van der Waals surface area contributed by atoms with Crippen LogP contribution in [-0.2, 0) is 6.42 Å². The highest BCUT2D eigenvalue weighted by Crippen LogP contribution is 2.17. The predicted octanol–water partition coefficient (Wildman–Crippen LogP) is 3.64. The van der Waals surface area contributed by atoms with E-state index in [9.17, 15) is 5.11 Å². The lowest BCUT2D eigenvalue weighted by molar-refractivity contribution is 0.198. The van der Waals surface area contributed by atoms with Crippen molar-refractivity contribution in [1.82, 2.24) is 0 Å². The van der Waals surface area contributed by atoms with Gasteiger partial charge in [0.15, 0.2) is 0 Å². The van der Waals surface area contributed by atoms with Gasteiger partial charge in [-0.3, -0.25) is 0 Å². The summed E-state index contributed by atoms with van der Waals surface area (Å²) in [7, 11) is 0. The number of halogens is 1. The Balaban J connectivity index is 2.53. The zero-order valence-corrected chi connectivity index (χ0v) is 12.0. The van der Waals surface area contributed by atoms with Crippen LogP contribution < -0.4 is 4.74 Å². The molecule has 0 aliphatic rings. The van der Waals surface area contributed by atoms with Gasteiger partial charge in [-0.2, -0.15) is 0 Å². The zero-order valence-electron chi connectivity index (χ0n) is 11.2. The van der Waals surface area contributed by atoms with E-state index in [1.54, 1.807) is 0 Å². The van der Waals surface area contributed by atoms with Crippen LogP contribution in [0.2, 0.25) is 0 Å². The van der Waals surface area contributed by atoms with Gasteiger partial charge in [0.25, 0.3) is 0 Å². The summed E-state index contributed by atoms with van der Waals surface area (Å²) in [5, 5.41) is 9.52. The number of rotatable bonds is 8. The van der Waals surface area contributed by atoms with E-state index in [0.29, 0.717) is 12.3 Å². The normalized spacial score (nSPS) is 12.7. The molecule has 0 saturated heterocycles. The Hall–Kier alpha value is -0.730. The molecule has 1 unspecified atom stereocenters. The third-order valence-corrected chi connectivity index (χ3v) is 3.54. The molecule has 0 aliphatic heterocycles. The molecule has 1 N–H and O–H groups in total. The van der Waals surface area contributed by atoms with E-state index in [1.165, 1.54) is 0 Å². The lowest BCUT2D eigenvalue weighted by Crippen LogP contribution is -2.12. The molecule has 0 saturated carbocycles. The largest absolute Gasteiger partial charge is 0.493 e. The van der Waals surface area contributed by atoms with Crippen molar-refractivity contribution >= 4 is 11.6 Å². The second-order valence-electron chi connectivity index (χ2n) is 4.65. The van der Waals surface area contributed by atoms with Crippen LogP contribution in [0.1, 0.15) is 32.3 Å². The molecular formula is C15H23ClO2. The first-order valence-electron chi connectivity index (χ1n) is 6.65. The van der Waals surface area contributed by atoms with Crippen molar-refractivity contribution in [1.29, 1.82) is 0 Å². The molecule has 0 fully saturated rings. The van der Waals surface area contributed by atoms with Crippen molar-refractivity contribution in [3.8, 4) is 5.75 Å². The SMILES string of the molecule is CCC(CC)COc1cccc(CC(O)CCl)c1. The second kappa shape index (κ2) is 8.39. The number of hydrogen-bond donors (Lipinski definition) is 1. The number of aliphatic hydroxyl groups excluding tert-OH is 1. The van der Waals surface area contributed by atoms with E-state index in [1.807, 2.05) is 24.3 Å². The van der Waals surface area contributed by atoms with Crippen LogP contribution in [0.15, 0.2) is 24.3 Å². The molecule has 3 heteroatoms. The molecular weight excluding hydrogens is 248 g/mol. The Morgan fingerprint density at radius 3 is 2.61 bits per heavy atom. The quantitative estimate of drug-likeness (QED) is 0.731. The molecule has 1 rings (SSSR count). The Morgan fingerprint density at radius 1 is 1.28 bits per heavy atom. The lowest BCUT2D eigenvalue weighted by Gasteiger charge is -2.14. The molecule has 0 bridgehead atoms. The van der Waals surface area contributed by atoms with E-state index in [4.69, 9.17) is 16.3 Å². The highest BCUT2D eigenvalue weighted by Gasteiger charge is 2.07. The molecule has 102 valence electrons. The predicted molar refractivity (Wildman–Crippen MR) is 76.4 cm³/mol. The number of hydrogen-bond acceptors (Lipinski definition) is 2. The summed E-state index contributed by atoms with van der Waals surface area (Å²) in [5.74, 6) is 1.75. The van der Waals surface area contributed by atoms with Crippen molar-refractivity contribution in [3.63, 3.8) is 0 Å². The molecule has 0 aromatic heterocycles. The smallest absolute Gasteiger partial charge is 0.119 e. The maximum absolute atomic E-state index is 9.52. The molecule has 0 spiro atoms. The van der Waals surface area contributed by atoms with Crippen LogP contribution in [0.4, 0.5) is 0 Å². The molecule has 1 atom stereocenters. The first-order chi connectivity index (χ1) is 8.69. The first kappa shape index (κ1) is 15.3. The van der Waals surface area contributed by atoms with Crippen LogP contribution in [0.5, 0.6) is 5.75 Å². The van der Waals surface area contributed by atoms with Crippen LogP contribution in [0, 0.1) is 5.92 Å². The summed E-state index contributed by atoms with van der Waals surface area (Å²) in [4.78, 5) is 0. The van der Waals surface area contributed by atoms with Gasteiger partial charge < -0.3 is 9.84 Å². The summed E-state index contributed by atoms with van der Waals surface area (Å²) < 4.78 is 5.79. The molecule has 2 nitrogen and oxygen atoms in total. The molecule has 0 amide bonds. The molecule has 1 aromatic rings. The van der Waals surface area contributed by atoms with Crippen LogP contribution >= 0.6 is 11.6 Å². The van der Waals surface area contributed by atoms with Crippen LogP contribution in [0.3, 0.4) is 0 Å². The Labute approximate surface area is 115 Å². The van der Waals surface area contributed by atoms with Gasteiger partial charge in [-0.05, 0) is 30.0 Å². The van der Waals surface area contributed by atoms with E-state index in [2.05, 4.69) is 13.8 Å². The number of aliphatic hydroxyl groups is 1. The van der Waals surface area contributed by atoms with E-state index in [-0.39, 0.29) is 5.88 Å². The summed E-state index contributed by atoms with van der Waals surface area (Å²) in [5.41, 5.74) is 1.06. The van der Waals surface area contributed by atoms with Gasteiger partial charge in [-0.25, -0.2) is 0 Å². The molecule has 0 aliphatic carbocycles. The average molecular weight is 271 g/mol. The van der Waals surface area contributed by atoms with Gasteiger partial charge in [0.05, 0.1) is 12.7 Å². The maximum atomic E-state index is 9.52. The van der Waals surface area contributed by atoms with Crippen molar-refractivity contribution < 1.29 is 9.84 Å². The zero-order chi connectivity index (χ0) is 13.4. The fraction of sp³-hybridized carbons (Fsp3) is 0.600. The lowest BCUT2D eigenvalue weighted by atomic mass is 10.1. The summed E-state index contributed by atoms with van der Waals surface area (Å²) in [6.45, 7) is 5.13. The van der Waals surface area contributed by atoms with E-state index in [0.717, 1.165) is 30.8 Å². The highest BCUT2D eigenvalue weighted by molar-refractivity contribution is 6.18.